The van der Waals surface area contributed by atoms with E-state index < -0.39 is 0 Å². The van der Waals surface area contributed by atoms with E-state index in [2.05, 4.69) is 12.2 Å². The third-order valence-electron chi connectivity index (χ3n) is 4.66. The van der Waals surface area contributed by atoms with Gasteiger partial charge in [-0.25, -0.2) is 0 Å². The molecule has 5 nitrogen and oxygen atoms in total. The number of likely N-dealkylation sites (tertiary alicyclic amines) is 1. The van der Waals surface area contributed by atoms with Crippen LogP contribution in [0.4, 0.5) is 0 Å². The standard InChI is InChI=1S/C16H28N2O3/c1-3-8-16(9-6-10-17-16)15(20)18-11-5-7-13(12-18)14(19)21-4-2/h13,17H,3-12H2,1-2H3. The molecular formula is C16H28N2O3. The Morgan fingerprint density at radius 2 is 2.14 bits per heavy atom. The number of piperidine rings is 1. The summed E-state index contributed by atoms with van der Waals surface area (Å²) in [7, 11) is 0. The molecule has 0 radical (unpaired) electrons. The SMILES string of the molecule is CCCC1(C(=O)N2CCCC(C(=O)OCC)C2)CCCN1. The van der Waals surface area contributed by atoms with Gasteiger partial charge in [0.05, 0.1) is 18.1 Å². The molecule has 0 saturated carbocycles. The number of nitrogens with one attached hydrogen (secondary N) is 1. The van der Waals surface area contributed by atoms with E-state index in [9.17, 15) is 9.59 Å². The van der Waals surface area contributed by atoms with Crippen LogP contribution < -0.4 is 5.32 Å². The van der Waals surface area contributed by atoms with E-state index in [1.165, 1.54) is 0 Å². The molecule has 2 unspecified atom stereocenters. The normalized spacial score (nSPS) is 29.4. The number of esters is 1. The summed E-state index contributed by atoms with van der Waals surface area (Å²) >= 11 is 0. The molecule has 1 N–H and O–H groups in total. The first-order valence-electron chi connectivity index (χ1n) is 8.34. The molecule has 120 valence electrons. The van der Waals surface area contributed by atoms with E-state index in [1.54, 1.807) is 0 Å². The van der Waals surface area contributed by atoms with Crippen molar-refractivity contribution in [3.8, 4) is 0 Å². The van der Waals surface area contributed by atoms with Crippen LogP contribution in [-0.4, -0.2) is 48.6 Å². The number of amides is 1. The zero-order valence-corrected chi connectivity index (χ0v) is 13.3. The maximum Gasteiger partial charge on any atom is 0.310 e. The zero-order chi connectivity index (χ0) is 15.3. The van der Waals surface area contributed by atoms with Crippen molar-refractivity contribution >= 4 is 11.9 Å². The second-order valence-corrected chi connectivity index (χ2v) is 6.20. The molecule has 0 aromatic carbocycles. The van der Waals surface area contributed by atoms with Crippen molar-refractivity contribution in [2.24, 2.45) is 5.92 Å². The van der Waals surface area contributed by atoms with Gasteiger partial charge >= 0.3 is 5.97 Å². The van der Waals surface area contributed by atoms with Crippen molar-refractivity contribution in [3.63, 3.8) is 0 Å². The molecular weight excluding hydrogens is 268 g/mol. The predicted molar refractivity (Wildman–Crippen MR) is 80.8 cm³/mol. The lowest BCUT2D eigenvalue weighted by atomic mass is 9.88. The van der Waals surface area contributed by atoms with Crippen LogP contribution in [0, 0.1) is 5.92 Å². The molecule has 2 saturated heterocycles. The van der Waals surface area contributed by atoms with E-state index in [4.69, 9.17) is 4.74 Å². The summed E-state index contributed by atoms with van der Waals surface area (Å²) in [4.78, 5) is 26.8. The Morgan fingerprint density at radius 1 is 1.33 bits per heavy atom. The number of nitrogens with zero attached hydrogens (tertiary/aromatic N) is 1. The summed E-state index contributed by atoms with van der Waals surface area (Å²) in [5.74, 6) is -0.113. The average Bonchev–Trinajstić information content (AvgIpc) is 2.97. The maximum atomic E-state index is 12.9. The molecule has 2 heterocycles. The maximum absolute atomic E-state index is 12.9. The van der Waals surface area contributed by atoms with E-state index in [-0.39, 0.29) is 23.3 Å². The molecule has 2 atom stereocenters. The lowest BCUT2D eigenvalue weighted by Gasteiger charge is -2.38. The van der Waals surface area contributed by atoms with Gasteiger partial charge in [-0.1, -0.05) is 13.3 Å². The molecule has 2 aliphatic heterocycles. The Labute approximate surface area is 127 Å². The summed E-state index contributed by atoms with van der Waals surface area (Å²) in [5, 5.41) is 3.43. The Hall–Kier alpha value is -1.10. The minimum Gasteiger partial charge on any atom is -0.466 e. The summed E-state index contributed by atoms with van der Waals surface area (Å²) in [6, 6.07) is 0. The number of ether oxygens (including phenoxy) is 1. The number of hydrogen-bond acceptors (Lipinski definition) is 4. The fraction of sp³-hybridized carbons (Fsp3) is 0.875. The van der Waals surface area contributed by atoms with Crippen molar-refractivity contribution < 1.29 is 14.3 Å². The summed E-state index contributed by atoms with van der Waals surface area (Å²) < 4.78 is 5.12. The third kappa shape index (κ3) is 3.57. The Morgan fingerprint density at radius 3 is 2.76 bits per heavy atom. The first-order valence-corrected chi connectivity index (χ1v) is 8.34. The van der Waals surface area contributed by atoms with Crippen LogP contribution >= 0.6 is 0 Å². The fourth-order valence-electron chi connectivity index (χ4n) is 3.65. The summed E-state index contributed by atoms with van der Waals surface area (Å²) in [5.41, 5.74) is -0.384. The molecule has 21 heavy (non-hydrogen) atoms. The van der Waals surface area contributed by atoms with Gasteiger partial charge < -0.3 is 15.0 Å². The highest BCUT2D eigenvalue weighted by molar-refractivity contribution is 5.87. The predicted octanol–water partition coefficient (Wildman–Crippen LogP) is 1.71. The van der Waals surface area contributed by atoms with Gasteiger partial charge in [0.25, 0.3) is 0 Å². The van der Waals surface area contributed by atoms with E-state index in [0.29, 0.717) is 13.2 Å². The molecule has 0 bridgehead atoms. The third-order valence-corrected chi connectivity index (χ3v) is 4.66. The van der Waals surface area contributed by atoms with Crippen molar-refractivity contribution in [2.45, 2.75) is 57.9 Å². The van der Waals surface area contributed by atoms with Gasteiger partial charge in [0, 0.05) is 13.1 Å². The molecule has 2 fully saturated rings. The largest absolute Gasteiger partial charge is 0.466 e. The highest BCUT2D eigenvalue weighted by atomic mass is 16.5. The van der Waals surface area contributed by atoms with Crippen LogP contribution in [0.1, 0.15) is 52.4 Å². The summed E-state index contributed by atoms with van der Waals surface area (Å²) in [6.45, 7) is 6.55. The van der Waals surface area contributed by atoms with Crippen LogP contribution in [0.25, 0.3) is 0 Å². The van der Waals surface area contributed by atoms with Crippen molar-refractivity contribution in [3.05, 3.63) is 0 Å². The van der Waals surface area contributed by atoms with Gasteiger partial charge in [-0.3, -0.25) is 9.59 Å². The minimum absolute atomic E-state index is 0.150. The molecule has 0 aromatic heterocycles. The lowest BCUT2D eigenvalue weighted by Crippen LogP contribution is -2.57. The van der Waals surface area contributed by atoms with Crippen LogP contribution in [-0.2, 0) is 14.3 Å². The molecule has 2 aliphatic rings. The zero-order valence-electron chi connectivity index (χ0n) is 13.3. The van der Waals surface area contributed by atoms with E-state index in [0.717, 1.165) is 51.6 Å². The molecule has 2 rings (SSSR count). The second kappa shape index (κ2) is 7.25. The van der Waals surface area contributed by atoms with Crippen molar-refractivity contribution in [1.29, 1.82) is 0 Å². The van der Waals surface area contributed by atoms with E-state index in [1.807, 2.05) is 11.8 Å². The molecule has 1 amide bonds. The van der Waals surface area contributed by atoms with Crippen LogP contribution in [0.15, 0.2) is 0 Å². The molecule has 0 aromatic rings. The van der Waals surface area contributed by atoms with Gasteiger partial charge in [0.2, 0.25) is 5.91 Å². The van der Waals surface area contributed by atoms with Crippen LogP contribution in [0.5, 0.6) is 0 Å². The van der Waals surface area contributed by atoms with Gasteiger partial charge in [0.15, 0.2) is 0 Å². The van der Waals surface area contributed by atoms with Crippen molar-refractivity contribution in [1.82, 2.24) is 10.2 Å². The monoisotopic (exact) mass is 296 g/mol. The topological polar surface area (TPSA) is 58.6 Å². The smallest absolute Gasteiger partial charge is 0.310 e. The molecule has 5 heteroatoms. The number of rotatable bonds is 5. The average molecular weight is 296 g/mol. The highest BCUT2D eigenvalue weighted by Gasteiger charge is 2.44. The Balaban J connectivity index is 2.02. The second-order valence-electron chi connectivity index (χ2n) is 6.20. The van der Waals surface area contributed by atoms with E-state index >= 15 is 0 Å². The van der Waals surface area contributed by atoms with Crippen LogP contribution in [0.3, 0.4) is 0 Å². The first-order chi connectivity index (χ1) is 10.1. The number of hydrogen-bond donors (Lipinski definition) is 1. The van der Waals surface area contributed by atoms with Gasteiger partial charge in [-0.05, 0) is 45.6 Å². The fourth-order valence-corrected chi connectivity index (χ4v) is 3.65. The highest BCUT2D eigenvalue weighted by Crippen LogP contribution is 2.29. The lowest BCUT2D eigenvalue weighted by molar-refractivity contribution is -0.152. The molecule has 0 aliphatic carbocycles. The van der Waals surface area contributed by atoms with Crippen LogP contribution in [0.2, 0.25) is 0 Å². The first kappa shape index (κ1) is 16.3. The number of carbonyl (C=O) groups is 2. The van der Waals surface area contributed by atoms with Crippen molar-refractivity contribution in [2.75, 3.05) is 26.2 Å². The minimum atomic E-state index is -0.384. The van der Waals surface area contributed by atoms with Gasteiger partial charge in [-0.2, -0.15) is 0 Å². The Kier molecular flexibility index (Phi) is 5.62. The molecule has 0 spiro atoms. The Bertz CT molecular complexity index is 378. The quantitative estimate of drug-likeness (QED) is 0.785. The van der Waals surface area contributed by atoms with Gasteiger partial charge in [0.1, 0.15) is 0 Å². The van der Waals surface area contributed by atoms with Gasteiger partial charge in [-0.15, -0.1) is 0 Å². The number of carbonyl (C=O) groups excluding carboxylic acids is 2. The summed E-state index contributed by atoms with van der Waals surface area (Å²) in [6.07, 6.45) is 5.57.